The zero-order valence-corrected chi connectivity index (χ0v) is 26.9. The third kappa shape index (κ3) is 5.61. The molecule has 3 heteroatoms. The van der Waals surface area contributed by atoms with Gasteiger partial charge in [0.05, 0.1) is 6.85 Å². The normalized spacial score (nSPS) is 12.6. The van der Waals surface area contributed by atoms with Crippen LogP contribution in [0.5, 0.6) is 0 Å². The molecular weight excluding hydrogens is 607 g/mol. The first-order chi connectivity index (χ1) is 26.8. The molecule has 9 rings (SSSR count). The summed E-state index contributed by atoms with van der Waals surface area (Å²) in [6, 6.07) is 51.4. The van der Waals surface area contributed by atoms with Crippen molar-refractivity contribution in [3.63, 3.8) is 0 Å². The lowest BCUT2D eigenvalue weighted by molar-refractivity contribution is 1.07. The van der Waals surface area contributed by atoms with Crippen LogP contribution in [0.15, 0.2) is 188 Å². The minimum absolute atomic E-state index is 0.174. The molecule has 0 N–H and O–H groups in total. The minimum Gasteiger partial charge on any atom is -0.208 e. The fraction of sp³-hybridized carbons (Fsp3) is 0. The highest BCUT2D eigenvalue weighted by atomic mass is 15.0. The van der Waals surface area contributed by atoms with E-state index in [1.165, 1.54) is 16.3 Å². The Labute approximate surface area is 298 Å². The van der Waals surface area contributed by atoms with Gasteiger partial charge in [0.2, 0.25) is 0 Å². The van der Waals surface area contributed by atoms with Crippen molar-refractivity contribution in [2.45, 2.75) is 0 Å². The molecule has 0 radical (unpaired) electrons. The van der Waals surface area contributed by atoms with Crippen molar-refractivity contribution in [1.82, 2.24) is 15.0 Å². The molecular formula is C47H31N3. The smallest absolute Gasteiger partial charge is 0.164 e. The van der Waals surface area contributed by atoms with E-state index in [0.717, 1.165) is 44.2 Å². The molecule has 0 bridgehead atoms. The second kappa shape index (κ2) is 12.7. The van der Waals surface area contributed by atoms with E-state index >= 15 is 0 Å². The molecule has 0 saturated heterocycles. The Morgan fingerprint density at radius 3 is 1.64 bits per heavy atom. The van der Waals surface area contributed by atoms with Gasteiger partial charge in [-0.15, -0.1) is 0 Å². The van der Waals surface area contributed by atoms with Crippen molar-refractivity contribution < 1.29 is 6.85 Å². The maximum absolute atomic E-state index is 8.46. The van der Waals surface area contributed by atoms with Gasteiger partial charge in [0.1, 0.15) is 0 Å². The Morgan fingerprint density at radius 2 is 0.860 bits per heavy atom. The van der Waals surface area contributed by atoms with Gasteiger partial charge in [0.15, 0.2) is 17.5 Å². The second-order valence-corrected chi connectivity index (χ2v) is 12.1. The zero-order chi connectivity index (χ0) is 37.6. The summed E-state index contributed by atoms with van der Waals surface area (Å²) in [6.45, 7) is 0. The van der Waals surface area contributed by atoms with E-state index in [1.807, 2.05) is 78.9 Å². The summed E-state index contributed by atoms with van der Waals surface area (Å²) >= 11 is 0. The molecule has 0 aliphatic heterocycles. The Kier molecular flexibility index (Phi) is 6.22. The predicted octanol–water partition coefficient (Wildman–Crippen LogP) is 12.2. The van der Waals surface area contributed by atoms with Crippen LogP contribution in [0.4, 0.5) is 0 Å². The van der Waals surface area contributed by atoms with Gasteiger partial charge in [-0.25, -0.2) is 15.0 Å². The third-order valence-corrected chi connectivity index (χ3v) is 9.02. The summed E-state index contributed by atoms with van der Waals surface area (Å²) in [6.07, 6.45) is 0. The molecule has 0 fully saturated rings. The molecule has 0 atom stereocenters. The number of hydrogen-bond donors (Lipinski definition) is 0. The molecule has 1 heterocycles. The van der Waals surface area contributed by atoms with Crippen molar-refractivity contribution in [2.24, 2.45) is 0 Å². The lowest BCUT2D eigenvalue weighted by atomic mass is 9.94. The Morgan fingerprint density at radius 1 is 0.320 bits per heavy atom. The lowest BCUT2D eigenvalue weighted by Crippen LogP contribution is -2.01. The Bertz CT molecular complexity index is 2900. The van der Waals surface area contributed by atoms with Gasteiger partial charge in [-0.05, 0) is 67.1 Å². The van der Waals surface area contributed by atoms with Crippen molar-refractivity contribution in [3.05, 3.63) is 188 Å². The molecule has 0 amide bonds. The molecule has 1 aromatic heterocycles. The van der Waals surface area contributed by atoms with Gasteiger partial charge in [-0.2, -0.15) is 0 Å². The molecule has 0 saturated carbocycles. The number of hydrogen-bond acceptors (Lipinski definition) is 3. The Hall–Kier alpha value is -6.71. The van der Waals surface area contributed by atoms with E-state index in [9.17, 15) is 0 Å². The van der Waals surface area contributed by atoms with E-state index in [2.05, 4.69) is 72.8 Å². The topological polar surface area (TPSA) is 38.7 Å². The van der Waals surface area contributed by atoms with Crippen LogP contribution in [0.2, 0.25) is 0 Å². The number of nitrogens with zero attached hydrogens (tertiary/aromatic N) is 3. The predicted molar refractivity (Wildman–Crippen MR) is 207 cm³/mol. The molecule has 0 aliphatic rings. The fourth-order valence-corrected chi connectivity index (χ4v) is 6.51. The second-order valence-electron chi connectivity index (χ2n) is 12.1. The molecule has 8 aromatic carbocycles. The fourth-order valence-electron chi connectivity index (χ4n) is 6.51. The molecule has 234 valence electrons. The summed E-state index contributed by atoms with van der Waals surface area (Å²) in [7, 11) is 0. The molecule has 9 aromatic rings. The van der Waals surface area contributed by atoms with Gasteiger partial charge in [0, 0.05) is 16.7 Å². The maximum atomic E-state index is 8.46. The van der Waals surface area contributed by atoms with Crippen LogP contribution in [0.25, 0.3) is 89.1 Å². The van der Waals surface area contributed by atoms with E-state index in [-0.39, 0.29) is 29.7 Å². The third-order valence-electron chi connectivity index (χ3n) is 9.02. The molecule has 0 spiro atoms. The van der Waals surface area contributed by atoms with Gasteiger partial charge in [0.25, 0.3) is 0 Å². The van der Waals surface area contributed by atoms with Crippen molar-refractivity contribution >= 4 is 21.5 Å². The first kappa shape index (κ1) is 24.4. The lowest BCUT2D eigenvalue weighted by Gasteiger charge is -2.13. The van der Waals surface area contributed by atoms with Gasteiger partial charge >= 0.3 is 0 Å². The van der Waals surface area contributed by atoms with Crippen molar-refractivity contribution in [3.8, 4) is 67.5 Å². The first-order valence-corrected chi connectivity index (χ1v) is 16.4. The van der Waals surface area contributed by atoms with Crippen molar-refractivity contribution in [1.29, 1.82) is 0 Å². The summed E-state index contributed by atoms with van der Waals surface area (Å²) in [5.41, 5.74) is 7.64. The largest absolute Gasteiger partial charge is 0.208 e. The number of aromatic nitrogens is 3. The molecule has 50 heavy (non-hydrogen) atoms. The van der Waals surface area contributed by atoms with Gasteiger partial charge in [-0.1, -0.05) is 176 Å². The highest BCUT2D eigenvalue weighted by Crippen LogP contribution is 2.35. The monoisotopic (exact) mass is 642 g/mol. The van der Waals surface area contributed by atoms with E-state index < -0.39 is 6.04 Å². The number of rotatable bonds is 6. The summed E-state index contributed by atoms with van der Waals surface area (Å²) in [4.78, 5) is 15.1. The van der Waals surface area contributed by atoms with Gasteiger partial charge < -0.3 is 0 Å². The number of fused-ring (bicyclic) bond motifs is 2. The summed E-state index contributed by atoms with van der Waals surface area (Å²) in [5.74, 6) is 1.62. The van der Waals surface area contributed by atoms with Crippen LogP contribution < -0.4 is 0 Å². The van der Waals surface area contributed by atoms with Crippen LogP contribution in [-0.2, 0) is 0 Å². The van der Waals surface area contributed by atoms with Crippen LogP contribution in [0.1, 0.15) is 6.85 Å². The first-order valence-electron chi connectivity index (χ1n) is 18.9. The highest BCUT2D eigenvalue weighted by molar-refractivity contribution is 5.97. The average molecular weight is 643 g/mol. The number of benzene rings is 8. The average Bonchev–Trinajstić information content (AvgIpc) is 3.25. The quantitative estimate of drug-likeness (QED) is 0.181. The van der Waals surface area contributed by atoms with Crippen LogP contribution in [0.3, 0.4) is 0 Å². The Balaban J connectivity index is 1.13. The molecule has 0 aliphatic carbocycles. The molecule has 3 nitrogen and oxygen atoms in total. The summed E-state index contributed by atoms with van der Waals surface area (Å²) in [5, 5.41) is 4.16. The zero-order valence-electron chi connectivity index (χ0n) is 31.9. The molecule has 0 unspecified atom stereocenters. The van der Waals surface area contributed by atoms with E-state index in [0.29, 0.717) is 23.0 Å². The SMILES string of the molecule is [2H]c1c([2H])c([2H])c(-c2ccc3cc(-c4nc(-c5ccccc5)nc(-c5ccccc5-c5ccc(-c6cccc7ccccc67)cc5)n4)ccc3c2)c([2H])c1[2H]. The highest BCUT2D eigenvalue weighted by Gasteiger charge is 2.16. The summed E-state index contributed by atoms with van der Waals surface area (Å²) < 4.78 is 41.2. The van der Waals surface area contributed by atoms with Crippen molar-refractivity contribution in [2.75, 3.05) is 0 Å². The van der Waals surface area contributed by atoms with Crippen LogP contribution in [0, 0.1) is 0 Å². The minimum atomic E-state index is -0.409. The maximum Gasteiger partial charge on any atom is 0.164 e. The van der Waals surface area contributed by atoms with Gasteiger partial charge in [-0.3, -0.25) is 0 Å². The van der Waals surface area contributed by atoms with Crippen LogP contribution >= 0.6 is 0 Å². The van der Waals surface area contributed by atoms with Crippen LogP contribution in [-0.4, -0.2) is 15.0 Å². The standard InChI is InChI=1S/C47H31N3/c1-3-12-32(13-4-1)37-26-27-39-31-40(29-28-38(39)30-37)46-48-45(36-15-5-2-6-16-36)49-47(50-46)44-20-10-9-19-43(44)35-24-22-34(23-25-35)42-21-11-17-33-14-7-8-18-41(33)42/h1-31H/i1D,3D,4D,12D,13D. The van der Waals surface area contributed by atoms with E-state index in [1.54, 1.807) is 6.07 Å². The van der Waals surface area contributed by atoms with E-state index in [4.69, 9.17) is 21.8 Å².